The molecule has 1 saturated heterocycles. The summed E-state index contributed by atoms with van der Waals surface area (Å²) in [4.78, 5) is 23.0. The molecule has 0 bridgehead atoms. The van der Waals surface area contributed by atoms with Crippen LogP contribution in [0.15, 0.2) is 29.9 Å². The second-order valence-corrected chi connectivity index (χ2v) is 7.45. The van der Waals surface area contributed by atoms with E-state index in [9.17, 15) is 4.79 Å². The number of hydrogen-bond acceptors (Lipinski definition) is 6. The van der Waals surface area contributed by atoms with E-state index >= 15 is 0 Å². The lowest BCUT2D eigenvalue weighted by atomic mass is 10.1. The molecule has 3 rings (SSSR count). The zero-order chi connectivity index (χ0) is 17.5. The van der Waals surface area contributed by atoms with Crippen LogP contribution in [0.1, 0.15) is 29.8 Å². The summed E-state index contributed by atoms with van der Waals surface area (Å²) < 4.78 is 0. The zero-order valence-electron chi connectivity index (χ0n) is 14.6. The van der Waals surface area contributed by atoms with Gasteiger partial charge in [-0.15, -0.1) is 11.3 Å². The maximum absolute atomic E-state index is 12.0. The molecule has 1 amide bonds. The number of hydrogen-bond donors (Lipinski definition) is 2. The number of nitrogens with zero attached hydrogens (tertiary/aromatic N) is 3. The SMILES string of the molecule is Cc1ccc(NC(=O)CCN[C@@H]2CCCN(Cc3nccs3)C2)nc1. The molecule has 0 aliphatic carbocycles. The minimum Gasteiger partial charge on any atom is -0.312 e. The van der Waals surface area contributed by atoms with Gasteiger partial charge in [0.05, 0.1) is 6.54 Å². The Bertz CT molecular complexity index is 659. The van der Waals surface area contributed by atoms with E-state index in [-0.39, 0.29) is 5.91 Å². The quantitative estimate of drug-likeness (QED) is 0.795. The molecule has 1 aliphatic rings. The maximum atomic E-state index is 12.0. The Hall–Kier alpha value is -1.83. The second-order valence-electron chi connectivity index (χ2n) is 6.47. The fourth-order valence-electron chi connectivity index (χ4n) is 3.03. The van der Waals surface area contributed by atoms with Gasteiger partial charge in [-0.25, -0.2) is 9.97 Å². The summed E-state index contributed by atoms with van der Waals surface area (Å²) in [5.74, 6) is 0.613. The lowest BCUT2D eigenvalue weighted by Gasteiger charge is -2.32. The summed E-state index contributed by atoms with van der Waals surface area (Å²) in [5, 5.41) is 9.55. The lowest BCUT2D eigenvalue weighted by Crippen LogP contribution is -2.45. The Morgan fingerprint density at radius 1 is 1.40 bits per heavy atom. The highest BCUT2D eigenvalue weighted by Gasteiger charge is 2.20. The summed E-state index contributed by atoms with van der Waals surface area (Å²) in [6.45, 7) is 5.73. The number of carbonyl (C=O) groups excluding carboxylic acids is 1. The number of likely N-dealkylation sites (tertiary alicyclic amines) is 1. The van der Waals surface area contributed by atoms with Crippen LogP contribution in [-0.4, -0.2) is 46.5 Å². The van der Waals surface area contributed by atoms with Crippen molar-refractivity contribution in [2.75, 3.05) is 25.0 Å². The molecule has 6 nitrogen and oxygen atoms in total. The van der Waals surface area contributed by atoms with Crippen LogP contribution in [-0.2, 0) is 11.3 Å². The minimum absolute atomic E-state index is 0.000644. The number of amides is 1. The Morgan fingerprint density at radius 3 is 3.08 bits per heavy atom. The van der Waals surface area contributed by atoms with Gasteiger partial charge >= 0.3 is 0 Å². The van der Waals surface area contributed by atoms with Crippen molar-refractivity contribution in [2.45, 2.75) is 38.8 Å². The van der Waals surface area contributed by atoms with Crippen molar-refractivity contribution in [1.29, 1.82) is 0 Å². The highest BCUT2D eigenvalue weighted by Crippen LogP contribution is 2.15. The number of pyridine rings is 1. The Balaban J connectivity index is 1.36. The number of anilines is 1. The summed E-state index contributed by atoms with van der Waals surface area (Å²) in [6.07, 6.45) is 6.42. The van der Waals surface area contributed by atoms with Gasteiger partial charge in [-0.3, -0.25) is 9.69 Å². The van der Waals surface area contributed by atoms with Crippen LogP contribution in [0.5, 0.6) is 0 Å². The third-order valence-corrected chi connectivity index (χ3v) is 5.08. The molecule has 7 heteroatoms. The van der Waals surface area contributed by atoms with Gasteiger partial charge in [0.1, 0.15) is 10.8 Å². The van der Waals surface area contributed by atoms with Gasteiger partial charge in [-0.1, -0.05) is 6.07 Å². The van der Waals surface area contributed by atoms with Crippen LogP contribution in [0.25, 0.3) is 0 Å². The number of piperidine rings is 1. The Kier molecular flexibility index (Phi) is 6.49. The average Bonchev–Trinajstić information content (AvgIpc) is 3.10. The summed E-state index contributed by atoms with van der Waals surface area (Å²) in [5.41, 5.74) is 1.08. The van der Waals surface area contributed by atoms with Gasteiger partial charge in [0.2, 0.25) is 5.91 Å². The smallest absolute Gasteiger partial charge is 0.226 e. The highest BCUT2D eigenvalue weighted by molar-refractivity contribution is 7.09. The van der Waals surface area contributed by atoms with Crippen LogP contribution in [0.2, 0.25) is 0 Å². The van der Waals surface area contributed by atoms with Gasteiger partial charge in [-0.05, 0) is 37.9 Å². The zero-order valence-corrected chi connectivity index (χ0v) is 15.4. The van der Waals surface area contributed by atoms with Crippen LogP contribution >= 0.6 is 11.3 Å². The van der Waals surface area contributed by atoms with Crippen molar-refractivity contribution in [1.82, 2.24) is 20.2 Å². The van der Waals surface area contributed by atoms with E-state index in [1.807, 2.05) is 30.6 Å². The van der Waals surface area contributed by atoms with Crippen LogP contribution in [0, 0.1) is 6.92 Å². The summed E-state index contributed by atoms with van der Waals surface area (Å²) >= 11 is 1.71. The third kappa shape index (κ3) is 5.88. The predicted molar refractivity (Wildman–Crippen MR) is 101 cm³/mol. The number of aromatic nitrogens is 2. The molecule has 0 saturated carbocycles. The molecule has 0 spiro atoms. The Morgan fingerprint density at radius 2 is 2.32 bits per heavy atom. The number of rotatable bonds is 7. The summed E-state index contributed by atoms with van der Waals surface area (Å²) in [6, 6.07) is 4.22. The number of carbonyl (C=O) groups is 1. The van der Waals surface area contributed by atoms with Crippen molar-refractivity contribution in [2.24, 2.45) is 0 Å². The van der Waals surface area contributed by atoms with Crippen molar-refractivity contribution in [3.63, 3.8) is 0 Å². The molecule has 2 N–H and O–H groups in total. The van der Waals surface area contributed by atoms with Crippen molar-refractivity contribution >= 4 is 23.1 Å². The van der Waals surface area contributed by atoms with E-state index in [4.69, 9.17) is 0 Å². The number of nitrogens with one attached hydrogen (secondary N) is 2. The normalized spacial score (nSPS) is 18.2. The minimum atomic E-state index is -0.000644. The molecular weight excluding hydrogens is 334 g/mol. The second kappa shape index (κ2) is 9.03. The summed E-state index contributed by atoms with van der Waals surface area (Å²) in [7, 11) is 0. The van der Waals surface area contributed by atoms with Crippen LogP contribution in [0.3, 0.4) is 0 Å². The van der Waals surface area contributed by atoms with Crippen LogP contribution in [0.4, 0.5) is 5.82 Å². The fraction of sp³-hybridized carbons (Fsp3) is 0.500. The first kappa shape index (κ1) is 18.0. The molecule has 0 unspecified atom stereocenters. The number of aryl methyl sites for hydroxylation is 1. The maximum Gasteiger partial charge on any atom is 0.226 e. The largest absolute Gasteiger partial charge is 0.312 e. The first-order chi connectivity index (χ1) is 12.2. The van der Waals surface area contributed by atoms with E-state index in [1.165, 1.54) is 11.4 Å². The molecule has 3 heterocycles. The molecule has 1 aliphatic heterocycles. The monoisotopic (exact) mass is 359 g/mol. The molecule has 1 fully saturated rings. The molecule has 134 valence electrons. The predicted octanol–water partition coefficient (Wildman–Crippen LogP) is 2.43. The number of thiazole rings is 1. The Labute approximate surface area is 152 Å². The third-order valence-electron chi connectivity index (χ3n) is 4.31. The van der Waals surface area contributed by atoms with E-state index in [1.54, 1.807) is 17.5 Å². The van der Waals surface area contributed by atoms with Gasteiger partial charge in [0, 0.05) is 43.3 Å². The molecule has 2 aromatic rings. The standard InChI is InChI=1S/C18H25N5OS/c1-14-4-5-16(21-11-14)22-17(24)6-7-19-15-3-2-9-23(12-15)13-18-20-8-10-25-18/h4-5,8,10-11,15,19H,2-3,6-7,9,12-13H2,1H3,(H,21,22,24)/t15-/m1/s1. The molecular formula is C18H25N5OS. The van der Waals surface area contributed by atoms with E-state index < -0.39 is 0 Å². The van der Waals surface area contributed by atoms with E-state index in [2.05, 4.69) is 25.5 Å². The topological polar surface area (TPSA) is 70.2 Å². The average molecular weight is 359 g/mol. The van der Waals surface area contributed by atoms with E-state index in [0.717, 1.165) is 31.6 Å². The van der Waals surface area contributed by atoms with Crippen molar-refractivity contribution < 1.29 is 4.79 Å². The van der Waals surface area contributed by atoms with Crippen LogP contribution < -0.4 is 10.6 Å². The molecule has 0 aromatic carbocycles. The fourth-order valence-corrected chi connectivity index (χ4v) is 3.68. The van der Waals surface area contributed by atoms with E-state index in [0.29, 0.717) is 24.8 Å². The first-order valence-electron chi connectivity index (χ1n) is 8.75. The molecule has 0 radical (unpaired) electrons. The van der Waals surface area contributed by atoms with Gasteiger partial charge in [0.15, 0.2) is 0 Å². The van der Waals surface area contributed by atoms with Gasteiger partial charge in [0.25, 0.3) is 0 Å². The lowest BCUT2D eigenvalue weighted by molar-refractivity contribution is -0.116. The molecule has 25 heavy (non-hydrogen) atoms. The van der Waals surface area contributed by atoms with Gasteiger partial charge in [-0.2, -0.15) is 0 Å². The molecule has 1 atom stereocenters. The van der Waals surface area contributed by atoms with Crippen molar-refractivity contribution in [3.05, 3.63) is 40.5 Å². The first-order valence-corrected chi connectivity index (χ1v) is 9.63. The highest BCUT2D eigenvalue weighted by atomic mass is 32.1. The van der Waals surface area contributed by atoms with Crippen molar-refractivity contribution in [3.8, 4) is 0 Å². The van der Waals surface area contributed by atoms with Gasteiger partial charge < -0.3 is 10.6 Å². The molecule has 2 aromatic heterocycles.